The number of aryl methyl sites for hydroxylation is 1. The predicted molar refractivity (Wildman–Crippen MR) is 75.1 cm³/mol. The molecule has 0 fully saturated rings. The van der Waals surface area contributed by atoms with E-state index in [0.717, 1.165) is 4.31 Å². The minimum atomic E-state index is -3.38. The molecule has 1 rings (SSSR count). The van der Waals surface area contributed by atoms with Gasteiger partial charge < -0.3 is 5.32 Å². The summed E-state index contributed by atoms with van der Waals surface area (Å²) in [5, 5.41) is 2.57. The maximum Gasteiger partial charge on any atom is 0.221 e. The van der Waals surface area contributed by atoms with E-state index in [-0.39, 0.29) is 30.4 Å². The number of rotatable bonds is 6. The molecule has 0 unspecified atom stereocenters. The second kappa shape index (κ2) is 6.81. The maximum absolute atomic E-state index is 13.3. The summed E-state index contributed by atoms with van der Waals surface area (Å²) in [6.45, 7) is 1.84. The zero-order valence-corrected chi connectivity index (χ0v) is 12.6. The molecule has 0 aliphatic heterocycles. The lowest BCUT2D eigenvalue weighted by molar-refractivity contribution is -0.120. The van der Waals surface area contributed by atoms with Crippen molar-refractivity contribution in [3.8, 4) is 0 Å². The molecule has 20 heavy (non-hydrogen) atoms. The van der Waals surface area contributed by atoms with E-state index in [2.05, 4.69) is 5.32 Å². The first-order valence-electron chi connectivity index (χ1n) is 6.14. The Kier molecular flexibility index (Phi) is 5.64. The van der Waals surface area contributed by atoms with Crippen LogP contribution in [0.4, 0.5) is 4.39 Å². The van der Waals surface area contributed by atoms with Crippen molar-refractivity contribution >= 4 is 15.9 Å². The van der Waals surface area contributed by atoms with Gasteiger partial charge in [-0.05, 0) is 24.1 Å². The highest BCUT2D eigenvalue weighted by atomic mass is 32.2. The number of sulfonamides is 1. The van der Waals surface area contributed by atoms with Crippen LogP contribution < -0.4 is 5.32 Å². The van der Waals surface area contributed by atoms with Crippen LogP contribution in [0.3, 0.4) is 0 Å². The number of benzene rings is 1. The summed E-state index contributed by atoms with van der Waals surface area (Å²) in [6, 6.07) is 4.70. The Hall–Kier alpha value is -1.47. The Bertz CT molecular complexity index is 585. The third-order valence-corrected chi connectivity index (χ3v) is 4.70. The topological polar surface area (TPSA) is 66.5 Å². The van der Waals surface area contributed by atoms with Gasteiger partial charge in [0, 0.05) is 27.1 Å². The average Bonchev–Trinajstić information content (AvgIpc) is 2.37. The van der Waals surface area contributed by atoms with E-state index in [4.69, 9.17) is 0 Å². The van der Waals surface area contributed by atoms with Crippen molar-refractivity contribution in [2.45, 2.75) is 19.9 Å². The molecule has 1 N–H and O–H groups in total. The third kappa shape index (κ3) is 4.90. The highest BCUT2D eigenvalue weighted by Gasteiger charge is 2.15. The van der Waals surface area contributed by atoms with Crippen LogP contribution in [0.15, 0.2) is 18.2 Å². The molecule has 0 saturated carbocycles. The molecule has 1 aromatic rings. The van der Waals surface area contributed by atoms with E-state index in [1.807, 2.05) is 0 Å². The Balaban J connectivity index is 2.46. The molecule has 7 heteroatoms. The first-order valence-corrected chi connectivity index (χ1v) is 7.75. The van der Waals surface area contributed by atoms with E-state index < -0.39 is 10.0 Å². The van der Waals surface area contributed by atoms with Crippen LogP contribution in [0.2, 0.25) is 0 Å². The summed E-state index contributed by atoms with van der Waals surface area (Å²) >= 11 is 0. The fourth-order valence-corrected chi connectivity index (χ4v) is 2.25. The van der Waals surface area contributed by atoms with Gasteiger partial charge in [0.2, 0.25) is 15.9 Å². The van der Waals surface area contributed by atoms with Crippen molar-refractivity contribution in [1.29, 1.82) is 0 Å². The first kappa shape index (κ1) is 16.6. The zero-order chi connectivity index (χ0) is 15.3. The zero-order valence-electron chi connectivity index (χ0n) is 11.8. The lowest BCUT2D eigenvalue weighted by atomic mass is 10.1. The van der Waals surface area contributed by atoms with Crippen molar-refractivity contribution in [2.24, 2.45) is 0 Å². The van der Waals surface area contributed by atoms with E-state index in [9.17, 15) is 17.6 Å². The van der Waals surface area contributed by atoms with Crippen LogP contribution in [-0.4, -0.2) is 38.5 Å². The number of amides is 1. The van der Waals surface area contributed by atoms with Crippen LogP contribution in [0.25, 0.3) is 0 Å². The molecule has 0 spiro atoms. The van der Waals surface area contributed by atoms with Gasteiger partial charge >= 0.3 is 0 Å². The lowest BCUT2D eigenvalue weighted by Gasteiger charge is -2.11. The number of hydrogen-bond donors (Lipinski definition) is 1. The maximum atomic E-state index is 13.3. The van der Waals surface area contributed by atoms with Crippen molar-refractivity contribution < 1.29 is 17.6 Å². The van der Waals surface area contributed by atoms with E-state index in [1.54, 1.807) is 19.1 Å². The summed E-state index contributed by atoms with van der Waals surface area (Å²) in [7, 11) is -0.538. The number of halogens is 1. The van der Waals surface area contributed by atoms with Crippen molar-refractivity contribution in [3.05, 3.63) is 35.1 Å². The Morgan fingerprint density at radius 1 is 1.35 bits per heavy atom. The molecule has 0 aliphatic rings. The van der Waals surface area contributed by atoms with Crippen LogP contribution in [0.1, 0.15) is 17.5 Å². The molecule has 0 saturated heterocycles. The van der Waals surface area contributed by atoms with Gasteiger partial charge in [-0.2, -0.15) is 0 Å². The number of nitrogens with one attached hydrogen (secondary N) is 1. The molecule has 0 bridgehead atoms. The average molecular weight is 302 g/mol. The Morgan fingerprint density at radius 3 is 2.55 bits per heavy atom. The molecule has 0 atom stereocenters. The second-order valence-corrected chi connectivity index (χ2v) is 7.01. The fourth-order valence-electron chi connectivity index (χ4n) is 1.44. The van der Waals surface area contributed by atoms with Crippen LogP contribution in [0.5, 0.6) is 0 Å². The van der Waals surface area contributed by atoms with Gasteiger partial charge in [-0.25, -0.2) is 17.1 Å². The molecule has 5 nitrogen and oxygen atoms in total. The van der Waals surface area contributed by atoms with Gasteiger partial charge in [-0.3, -0.25) is 4.79 Å². The molecule has 112 valence electrons. The highest BCUT2D eigenvalue weighted by Crippen LogP contribution is 2.09. The van der Waals surface area contributed by atoms with E-state index in [1.165, 1.54) is 20.2 Å². The summed E-state index contributed by atoms with van der Waals surface area (Å²) in [6.07, 6.45) is -0.116. The minimum absolute atomic E-state index is 0.116. The smallest absolute Gasteiger partial charge is 0.221 e. The number of carbonyl (C=O) groups is 1. The predicted octanol–water partition coefficient (Wildman–Crippen LogP) is 1.03. The molecule has 0 aliphatic carbocycles. The fraction of sp³-hybridized carbons (Fsp3) is 0.462. The van der Waals surface area contributed by atoms with E-state index in [0.29, 0.717) is 11.1 Å². The summed E-state index contributed by atoms with van der Waals surface area (Å²) in [4.78, 5) is 11.5. The SMILES string of the molecule is Cc1ccc(CNC(=O)CCS(=O)(=O)N(C)C)cc1F. The van der Waals surface area contributed by atoms with Gasteiger partial charge in [0.05, 0.1) is 5.75 Å². The van der Waals surface area contributed by atoms with Crippen LogP contribution in [-0.2, 0) is 21.4 Å². The monoisotopic (exact) mass is 302 g/mol. The second-order valence-electron chi connectivity index (χ2n) is 4.71. The number of nitrogens with zero attached hydrogens (tertiary/aromatic N) is 1. The summed E-state index contributed by atoms with van der Waals surface area (Å²) in [5.41, 5.74) is 1.18. The van der Waals surface area contributed by atoms with Gasteiger partial charge in [-0.1, -0.05) is 12.1 Å². The van der Waals surface area contributed by atoms with Gasteiger partial charge in [-0.15, -0.1) is 0 Å². The molecule has 0 radical (unpaired) electrons. The largest absolute Gasteiger partial charge is 0.352 e. The highest BCUT2D eigenvalue weighted by molar-refractivity contribution is 7.89. The number of carbonyl (C=O) groups excluding carboxylic acids is 1. The normalized spacial score (nSPS) is 11.7. The van der Waals surface area contributed by atoms with Gasteiger partial charge in [0.25, 0.3) is 0 Å². The quantitative estimate of drug-likeness (QED) is 0.853. The van der Waals surface area contributed by atoms with Crippen LogP contribution in [0, 0.1) is 12.7 Å². The molecular weight excluding hydrogens is 283 g/mol. The minimum Gasteiger partial charge on any atom is -0.352 e. The first-order chi connectivity index (χ1) is 9.22. The molecule has 0 heterocycles. The van der Waals surface area contributed by atoms with Crippen molar-refractivity contribution in [2.75, 3.05) is 19.8 Å². The lowest BCUT2D eigenvalue weighted by Crippen LogP contribution is -2.30. The standard InChI is InChI=1S/C13H19FN2O3S/c1-10-4-5-11(8-12(10)14)9-15-13(17)6-7-20(18,19)16(2)3/h4-5,8H,6-7,9H2,1-3H3,(H,15,17). The summed E-state index contributed by atoms with van der Waals surface area (Å²) in [5.74, 6) is -0.947. The summed E-state index contributed by atoms with van der Waals surface area (Å²) < 4.78 is 37.4. The van der Waals surface area contributed by atoms with Gasteiger partial charge in [0.15, 0.2) is 0 Å². The van der Waals surface area contributed by atoms with Crippen molar-refractivity contribution in [3.63, 3.8) is 0 Å². The molecule has 1 amide bonds. The van der Waals surface area contributed by atoms with Crippen LogP contribution >= 0.6 is 0 Å². The molecular formula is C13H19FN2O3S. The Labute approximate surface area is 118 Å². The number of hydrogen-bond acceptors (Lipinski definition) is 3. The molecule has 0 aromatic heterocycles. The third-order valence-electron chi connectivity index (χ3n) is 2.87. The van der Waals surface area contributed by atoms with Gasteiger partial charge in [0.1, 0.15) is 5.82 Å². The van der Waals surface area contributed by atoms with Crippen molar-refractivity contribution in [1.82, 2.24) is 9.62 Å². The Morgan fingerprint density at radius 2 is 2.00 bits per heavy atom. The van der Waals surface area contributed by atoms with E-state index >= 15 is 0 Å². The molecule has 1 aromatic carbocycles.